The van der Waals surface area contributed by atoms with Crippen molar-refractivity contribution in [3.05, 3.63) is 71.2 Å². The number of fused-ring (bicyclic) bond motifs is 3. The van der Waals surface area contributed by atoms with E-state index >= 15 is 0 Å². The van der Waals surface area contributed by atoms with Crippen molar-refractivity contribution in [3.63, 3.8) is 0 Å². The Labute approximate surface area is 152 Å². The summed E-state index contributed by atoms with van der Waals surface area (Å²) in [5, 5.41) is 1.34. The summed E-state index contributed by atoms with van der Waals surface area (Å²) >= 11 is 0. The number of rotatable bonds is 5. The summed E-state index contributed by atoms with van der Waals surface area (Å²) < 4.78 is 12.9. The van der Waals surface area contributed by atoms with E-state index < -0.39 is 0 Å². The molecular weight excluding hydrogens is 327 g/mol. The van der Waals surface area contributed by atoms with Gasteiger partial charge in [0.05, 0.1) is 0 Å². The number of aromatic nitrogens is 1. The molecule has 134 valence electrons. The second-order valence-electron chi connectivity index (χ2n) is 7.00. The van der Waals surface area contributed by atoms with Crippen LogP contribution in [0.3, 0.4) is 0 Å². The number of ketones is 1. The predicted octanol–water partition coefficient (Wildman–Crippen LogP) is 4.37. The first kappa shape index (κ1) is 17.0. The first-order chi connectivity index (χ1) is 12.7. The van der Waals surface area contributed by atoms with Crippen molar-refractivity contribution >= 4 is 16.7 Å². The van der Waals surface area contributed by atoms with E-state index in [0.29, 0.717) is 12.0 Å². The van der Waals surface area contributed by atoms with E-state index in [-0.39, 0.29) is 11.6 Å². The summed E-state index contributed by atoms with van der Waals surface area (Å²) in [6.45, 7) is 2.97. The minimum absolute atomic E-state index is 0.0936. The fourth-order valence-electron chi connectivity index (χ4n) is 3.87. The lowest BCUT2D eigenvalue weighted by Crippen LogP contribution is -2.28. The van der Waals surface area contributed by atoms with Gasteiger partial charge in [-0.15, -0.1) is 0 Å². The van der Waals surface area contributed by atoms with Gasteiger partial charge in [0.15, 0.2) is 5.78 Å². The minimum Gasteiger partial charge on any atom is -0.358 e. The molecule has 1 aliphatic rings. The molecule has 4 rings (SSSR count). The average molecular weight is 350 g/mol. The quantitative estimate of drug-likeness (QED) is 0.694. The van der Waals surface area contributed by atoms with E-state index in [0.717, 1.165) is 38.9 Å². The number of para-hydroxylation sites is 1. The van der Waals surface area contributed by atoms with Gasteiger partial charge >= 0.3 is 0 Å². The Bertz CT molecular complexity index is 914. The van der Waals surface area contributed by atoms with Gasteiger partial charge in [-0.1, -0.05) is 18.2 Å². The third-order valence-electron chi connectivity index (χ3n) is 5.30. The standard InChI is InChI=1S/C22H23FN2O/c23-17-9-7-16(8-10-17)22(26)6-3-13-25-14-11-19-18-4-1-2-5-20(18)24-21(19)12-15-25/h1-2,4-5,7-10,24H,3,6,11-15H2. The summed E-state index contributed by atoms with van der Waals surface area (Å²) in [7, 11) is 0. The number of nitrogens with one attached hydrogen (secondary N) is 1. The molecule has 2 aromatic carbocycles. The lowest BCUT2D eigenvalue weighted by Gasteiger charge is -2.19. The Morgan fingerprint density at radius 3 is 2.65 bits per heavy atom. The molecule has 0 radical (unpaired) electrons. The monoisotopic (exact) mass is 350 g/mol. The Hall–Kier alpha value is -2.46. The van der Waals surface area contributed by atoms with E-state index in [1.54, 1.807) is 12.1 Å². The Kier molecular flexibility index (Phi) is 4.85. The summed E-state index contributed by atoms with van der Waals surface area (Å²) in [6, 6.07) is 14.3. The largest absolute Gasteiger partial charge is 0.358 e. The van der Waals surface area contributed by atoms with E-state index in [2.05, 4.69) is 34.1 Å². The van der Waals surface area contributed by atoms with Gasteiger partial charge in [-0.05, 0) is 55.3 Å². The summed E-state index contributed by atoms with van der Waals surface area (Å²) in [6.07, 6.45) is 3.42. The number of carbonyl (C=O) groups excluding carboxylic acids is 1. The van der Waals surface area contributed by atoms with Crippen molar-refractivity contribution in [3.8, 4) is 0 Å². The smallest absolute Gasteiger partial charge is 0.162 e. The fraction of sp³-hybridized carbons (Fsp3) is 0.318. The van der Waals surface area contributed by atoms with Gasteiger partial charge in [0.1, 0.15) is 5.82 Å². The molecule has 0 unspecified atom stereocenters. The molecule has 0 aliphatic carbocycles. The van der Waals surface area contributed by atoms with E-state index in [4.69, 9.17) is 0 Å². The average Bonchev–Trinajstić information content (AvgIpc) is 2.89. The summed E-state index contributed by atoms with van der Waals surface area (Å²) in [5.41, 5.74) is 4.64. The maximum atomic E-state index is 12.9. The second kappa shape index (κ2) is 7.42. The van der Waals surface area contributed by atoms with E-state index in [9.17, 15) is 9.18 Å². The van der Waals surface area contributed by atoms with Crippen LogP contribution in [0.15, 0.2) is 48.5 Å². The van der Waals surface area contributed by atoms with Gasteiger partial charge in [0.2, 0.25) is 0 Å². The second-order valence-corrected chi connectivity index (χ2v) is 7.00. The highest BCUT2D eigenvalue weighted by molar-refractivity contribution is 5.95. The van der Waals surface area contributed by atoms with Gasteiger partial charge < -0.3 is 9.88 Å². The van der Waals surface area contributed by atoms with Crippen molar-refractivity contribution in [2.45, 2.75) is 25.7 Å². The molecule has 4 heteroatoms. The minimum atomic E-state index is -0.304. The lowest BCUT2D eigenvalue weighted by molar-refractivity contribution is 0.0975. The predicted molar refractivity (Wildman–Crippen MR) is 102 cm³/mol. The van der Waals surface area contributed by atoms with Gasteiger partial charge in [-0.2, -0.15) is 0 Å². The van der Waals surface area contributed by atoms with Crippen molar-refractivity contribution in [2.24, 2.45) is 0 Å². The number of carbonyl (C=O) groups is 1. The van der Waals surface area contributed by atoms with Gasteiger partial charge in [0, 0.05) is 48.1 Å². The van der Waals surface area contributed by atoms with Crippen LogP contribution in [0.5, 0.6) is 0 Å². The van der Waals surface area contributed by atoms with Crippen molar-refractivity contribution < 1.29 is 9.18 Å². The molecular formula is C22H23FN2O. The number of aromatic amines is 1. The first-order valence-corrected chi connectivity index (χ1v) is 9.30. The molecule has 0 atom stereocenters. The highest BCUT2D eigenvalue weighted by Gasteiger charge is 2.18. The summed E-state index contributed by atoms with van der Waals surface area (Å²) in [4.78, 5) is 18.2. The van der Waals surface area contributed by atoms with Gasteiger partial charge in [0.25, 0.3) is 0 Å². The van der Waals surface area contributed by atoms with Crippen LogP contribution in [-0.4, -0.2) is 35.3 Å². The molecule has 3 aromatic rings. The van der Waals surface area contributed by atoms with Crippen molar-refractivity contribution in [1.82, 2.24) is 9.88 Å². The molecule has 0 amide bonds. The normalized spacial score (nSPS) is 15.0. The molecule has 3 nitrogen and oxygen atoms in total. The van der Waals surface area contributed by atoms with Crippen molar-refractivity contribution in [1.29, 1.82) is 0 Å². The first-order valence-electron chi connectivity index (χ1n) is 9.30. The Morgan fingerprint density at radius 2 is 1.81 bits per heavy atom. The molecule has 1 aliphatic heterocycles. The maximum Gasteiger partial charge on any atom is 0.162 e. The fourth-order valence-corrected chi connectivity index (χ4v) is 3.87. The van der Waals surface area contributed by atoms with Crippen LogP contribution >= 0.6 is 0 Å². The highest BCUT2D eigenvalue weighted by atomic mass is 19.1. The molecule has 0 spiro atoms. The van der Waals surface area contributed by atoms with E-state index in [1.165, 1.54) is 34.3 Å². The van der Waals surface area contributed by atoms with Crippen molar-refractivity contribution in [2.75, 3.05) is 19.6 Å². The zero-order valence-corrected chi connectivity index (χ0v) is 14.8. The number of benzene rings is 2. The molecule has 26 heavy (non-hydrogen) atoms. The molecule has 0 bridgehead atoms. The third kappa shape index (κ3) is 3.56. The van der Waals surface area contributed by atoms with Gasteiger partial charge in [-0.25, -0.2) is 4.39 Å². The zero-order chi connectivity index (χ0) is 17.9. The number of nitrogens with zero attached hydrogens (tertiary/aromatic N) is 1. The number of Topliss-reactive ketones (excluding diaryl/α,β-unsaturated/α-hetero) is 1. The zero-order valence-electron chi connectivity index (χ0n) is 14.8. The SMILES string of the molecule is O=C(CCCN1CCc2[nH]c3ccccc3c2CC1)c1ccc(F)cc1. The van der Waals surface area contributed by atoms with Crippen LogP contribution in [0.1, 0.15) is 34.5 Å². The third-order valence-corrected chi connectivity index (χ3v) is 5.30. The van der Waals surface area contributed by atoms with Gasteiger partial charge in [-0.3, -0.25) is 4.79 Å². The van der Waals surface area contributed by atoms with Crippen LogP contribution < -0.4 is 0 Å². The number of hydrogen-bond acceptors (Lipinski definition) is 2. The van der Waals surface area contributed by atoms with Crippen LogP contribution in [0, 0.1) is 5.82 Å². The molecule has 1 aromatic heterocycles. The van der Waals surface area contributed by atoms with Crippen LogP contribution in [0.2, 0.25) is 0 Å². The lowest BCUT2D eigenvalue weighted by atomic mass is 10.1. The summed E-state index contributed by atoms with van der Waals surface area (Å²) in [5.74, 6) is -0.210. The highest BCUT2D eigenvalue weighted by Crippen LogP contribution is 2.25. The number of halogens is 1. The maximum absolute atomic E-state index is 12.9. The van der Waals surface area contributed by atoms with E-state index in [1.807, 2.05) is 0 Å². The Morgan fingerprint density at radius 1 is 1.04 bits per heavy atom. The molecule has 0 saturated carbocycles. The van der Waals surface area contributed by atoms with Crippen LogP contribution in [0.25, 0.3) is 10.9 Å². The Balaban J connectivity index is 1.31. The molecule has 2 heterocycles. The van der Waals surface area contributed by atoms with Crippen LogP contribution in [-0.2, 0) is 12.8 Å². The number of H-pyrrole nitrogens is 1. The molecule has 0 fully saturated rings. The van der Waals surface area contributed by atoms with Crippen LogP contribution in [0.4, 0.5) is 4.39 Å². The molecule has 1 N–H and O–H groups in total. The topological polar surface area (TPSA) is 36.1 Å². The number of hydrogen-bond donors (Lipinski definition) is 1. The molecule has 0 saturated heterocycles.